The van der Waals surface area contributed by atoms with Crippen molar-refractivity contribution >= 4 is 27.8 Å². The second kappa shape index (κ2) is 3.90. The van der Waals surface area contributed by atoms with E-state index in [0.29, 0.717) is 5.05 Å². The number of hydrogen-bond donors (Lipinski definition) is 0. The normalized spacial score (nSPS) is 10.1. The highest BCUT2D eigenvalue weighted by molar-refractivity contribution is 7.80. The molecule has 0 fully saturated rings. The van der Waals surface area contributed by atoms with Gasteiger partial charge >= 0.3 is 10.5 Å². The van der Waals surface area contributed by atoms with Gasteiger partial charge in [-0.15, -0.1) is 0 Å². The molecule has 2 aliphatic carbocycles. The summed E-state index contributed by atoms with van der Waals surface area (Å²) in [7, 11) is 2.94. The van der Waals surface area contributed by atoms with Crippen LogP contribution in [0.5, 0.6) is 0 Å². The fourth-order valence-electron chi connectivity index (χ4n) is 1.45. The van der Waals surface area contributed by atoms with E-state index in [1.165, 1.54) is 0 Å². The predicted molar refractivity (Wildman–Crippen MR) is 61.6 cm³/mol. The molecule has 0 heterocycles. The van der Waals surface area contributed by atoms with Gasteiger partial charge in [-0.3, -0.25) is 0 Å². The molecular weight excluding hydrogens is 208 g/mol. The quantitative estimate of drug-likeness (QED) is 0.534. The lowest BCUT2D eigenvalue weighted by Crippen LogP contribution is -1.99. The SMILES string of the molecule is [Si]OC(=S)c1ccc2cccccc1-2. The van der Waals surface area contributed by atoms with Gasteiger partial charge in [-0.1, -0.05) is 36.4 Å². The first-order chi connectivity index (χ1) is 6.83. The van der Waals surface area contributed by atoms with Crippen LogP contribution in [0.15, 0.2) is 42.5 Å². The zero-order valence-corrected chi connectivity index (χ0v) is 9.17. The van der Waals surface area contributed by atoms with E-state index in [4.69, 9.17) is 16.6 Å². The van der Waals surface area contributed by atoms with Crippen LogP contribution in [0.1, 0.15) is 5.56 Å². The second-order valence-corrected chi connectivity index (χ2v) is 3.49. The van der Waals surface area contributed by atoms with E-state index in [1.54, 1.807) is 0 Å². The molecule has 0 bridgehead atoms. The van der Waals surface area contributed by atoms with E-state index in [1.807, 2.05) is 36.4 Å². The van der Waals surface area contributed by atoms with Gasteiger partial charge in [0.05, 0.1) is 0 Å². The van der Waals surface area contributed by atoms with E-state index >= 15 is 0 Å². The van der Waals surface area contributed by atoms with Crippen LogP contribution in [0.2, 0.25) is 0 Å². The summed E-state index contributed by atoms with van der Waals surface area (Å²) in [6.07, 6.45) is 0. The third-order valence-corrected chi connectivity index (χ3v) is 2.76. The largest absolute Gasteiger partial charge is 0.533 e. The molecule has 0 aromatic carbocycles. The van der Waals surface area contributed by atoms with Crippen LogP contribution in [0.3, 0.4) is 0 Å². The molecule has 0 unspecified atom stereocenters. The van der Waals surface area contributed by atoms with Gasteiger partial charge in [-0.25, -0.2) is 0 Å². The first kappa shape index (κ1) is 9.37. The summed E-state index contributed by atoms with van der Waals surface area (Å²) in [5.74, 6) is 0. The lowest BCUT2D eigenvalue weighted by Gasteiger charge is -2.01. The van der Waals surface area contributed by atoms with Crippen LogP contribution in [0.25, 0.3) is 11.1 Å². The predicted octanol–water partition coefficient (Wildman–Crippen LogP) is 2.57. The van der Waals surface area contributed by atoms with Gasteiger partial charge in [-0.05, 0) is 29.4 Å². The highest BCUT2D eigenvalue weighted by atomic mass is 32.1. The van der Waals surface area contributed by atoms with Crippen LogP contribution in [0.4, 0.5) is 0 Å². The van der Waals surface area contributed by atoms with E-state index in [-0.39, 0.29) is 0 Å². The Balaban J connectivity index is 2.58. The maximum absolute atomic E-state index is 5.07. The van der Waals surface area contributed by atoms with E-state index in [2.05, 4.69) is 16.6 Å². The Morgan fingerprint density at radius 2 is 1.86 bits per heavy atom. The molecular formula is C11H7OSSi. The van der Waals surface area contributed by atoms with Crippen molar-refractivity contribution < 1.29 is 4.43 Å². The number of thiocarbonyl (C=S) groups is 1. The zero-order chi connectivity index (χ0) is 9.97. The minimum Gasteiger partial charge on any atom is -0.533 e. The summed E-state index contributed by atoms with van der Waals surface area (Å²) in [4.78, 5) is 0. The van der Waals surface area contributed by atoms with Crippen molar-refractivity contribution in [2.45, 2.75) is 0 Å². The topological polar surface area (TPSA) is 9.23 Å². The molecule has 2 aliphatic rings. The van der Waals surface area contributed by atoms with Gasteiger partial charge in [0, 0.05) is 5.56 Å². The van der Waals surface area contributed by atoms with E-state index in [9.17, 15) is 0 Å². The number of fused-ring (bicyclic) bond motifs is 1. The van der Waals surface area contributed by atoms with Crippen LogP contribution >= 0.6 is 12.2 Å². The minimum absolute atomic E-state index is 0.461. The number of rotatable bonds is 1. The summed E-state index contributed by atoms with van der Waals surface area (Å²) in [5, 5.41) is 0.461. The number of hydrogen-bond acceptors (Lipinski definition) is 2. The zero-order valence-electron chi connectivity index (χ0n) is 7.36. The molecule has 0 aromatic heterocycles. The van der Waals surface area contributed by atoms with Crippen LogP contribution < -0.4 is 0 Å². The fourth-order valence-corrected chi connectivity index (χ4v) is 1.74. The monoisotopic (exact) mass is 215 g/mol. The van der Waals surface area contributed by atoms with Gasteiger partial charge in [0.15, 0.2) is 5.05 Å². The summed E-state index contributed by atoms with van der Waals surface area (Å²) in [5.41, 5.74) is 3.22. The highest BCUT2D eigenvalue weighted by Crippen LogP contribution is 2.27. The van der Waals surface area contributed by atoms with Gasteiger partial charge < -0.3 is 4.43 Å². The average Bonchev–Trinajstić information content (AvgIpc) is 2.46. The Morgan fingerprint density at radius 3 is 2.64 bits per heavy atom. The lowest BCUT2D eigenvalue weighted by atomic mass is 10.1. The minimum atomic E-state index is 0.461. The van der Waals surface area contributed by atoms with Crippen molar-refractivity contribution in [3.05, 3.63) is 48.0 Å². The standard InChI is InChI=1S/C11H7OSSi/c13-11(12-14)10-7-6-8-4-2-1-3-5-9(8)10/h1-7H. The van der Waals surface area contributed by atoms with Crippen LogP contribution in [-0.4, -0.2) is 15.5 Å². The first-order valence-corrected chi connectivity index (χ1v) is 5.00. The molecule has 0 aliphatic heterocycles. The Kier molecular flexibility index (Phi) is 2.61. The third-order valence-electron chi connectivity index (χ3n) is 2.10. The van der Waals surface area contributed by atoms with Crippen LogP contribution in [-0.2, 0) is 4.43 Å². The molecule has 2 rings (SSSR count). The van der Waals surface area contributed by atoms with Gasteiger partial charge in [0.25, 0.3) is 0 Å². The van der Waals surface area contributed by atoms with Crippen molar-refractivity contribution in [3.63, 3.8) is 0 Å². The van der Waals surface area contributed by atoms with Crippen LogP contribution in [0, 0.1) is 0 Å². The average molecular weight is 215 g/mol. The maximum atomic E-state index is 5.07. The van der Waals surface area contributed by atoms with Crippen molar-refractivity contribution in [2.24, 2.45) is 0 Å². The smallest absolute Gasteiger partial charge is 0.342 e. The Hall–Kier alpha value is -1.19. The van der Waals surface area contributed by atoms with Gasteiger partial charge in [-0.2, -0.15) is 0 Å². The molecule has 0 N–H and O–H groups in total. The fraction of sp³-hybridized carbons (Fsp3) is 0. The molecule has 3 heteroatoms. The Morgan fingerprint density at radius 1 is 1.07 bits per heavy atom. The lowest BCUT2D eigenvalue weighted by molar-refractivity contribution is 0.632. The molecule has 0 saturated heterocycles. The van der Waals surface area contributed by atoms with E-state index < -0.39 is 0 Å². The molecule has 0 amide bonds. The maximum Gasteiger partial charge on any atom is 0.342 e. The molecule has 1 nitrogen and oxygen atoms in total. The highest BCUT2D eigenvalue weighted by Gasteiger charge is 2.11. The molecule has 0 atom stereocenters. The molecule has 3 radical (unpaired) electrons. The van der Waals surface area contributed by atoms with Crippen molar-refractivity contribution in [1.82, 2.24) is 0 Å². The summed E-state index contributed by atoms with van der Waals surface area (Å²) in [6.45, 7) is 0. The van der Waals surface area contributed by atoms with Crippen molar-refractivity contribution in [3.8, 4) is 11.1 Å². The third kappa shape index (κ3) is 1.56. The van der Waals surface area contributed by atoms with E-state index in [0.717, 1.165) is 16.7 Å². The van der Waals surface area contributed by atoms with Crippen molar-refractivity contribution in [2.75, 3.05) is 0 Å². The van der Waals surface area contributed by atoms with Gasteiger partial charge in [0.1, 0.15) is 0 Å². The Labute approximate surface area is 91.6 Å². The molecule has 0 aromatic rings. The summed E-state index contributed by atoms with van der Waals surface area (Å²) < 4.78 is 4.87. The summed E-state index contributed by atoms with van der Waals surface area (Å²) in [6, 6.07) is 14.1. The summed E-state index contributed by atoms with van der Waals surface area (Å²) >= 11 is 5.07. The molecule has 14 heavy (non-hydrogen) atoms. The molecule has 0 saturated carbocycles. The molecule has 0 spiro atoms. The van der Waals surface area contributed by atoms with Crippen molar-refractivity contribution in [1.29, 1.82) is 0 Å². The first-order valence-electron chi connectivity index (χ1n) is 4.18. The molecule has 67 valence electrons. The second-order valence-electron chi connectivity index (χ2n) is 2.92. The van der Waals surface area contributed by atoms with Gasteiger partial charge in [0.2, 0.25) is 0 Å². The Bertz CT molecular complexity index is 441.